The minimum atomic E-state index is -0.925. The summed E-state index contributed by atoms with van der Waals surface area (Å²) in [6.07, 6.45) is 2.96. The number of hydrogen-bond acceptors (Lipinski definition) is 7. The third-order valence-corrected chi connectivity index (χ3v) is 4.73. The van der Waals surface area contributed by atoms with Crippen molar-refractivity contribution in [3.63, 3.8) is 0 Å². The molecule has 2 bridgehead atoms. The van der Waals surface area contributed by atoms with Crippen LogP contribution >= 0.6 is 11.8 Å². The summed E-state index contributed by atoms with van der Waals surface area (Å²) in [5, 5.41) is -0.324. The molecule has 4 aliphatic heterocycles. The average molecular weight is 284 g/mol. The lowest BCUT2D eigenvalue weighted by atomic mass is 9.68. The quantitative estimate of drug-likeness (QED) is 0.546. The number of rotatable bonds is 2. The van der Waals surface area contributed by atoms with Gasteiger partial charge in [-0.2, -0.15) is 0 Å². The summed E-state index contributed by atoms with van der Waals surface area (Å²) in [6.45, 7) is 0.466. The minimum Gasteiger partial charge on any atom is -0.453 e. The van der Waals surface area contributed by atoms with Crippen molar-refractivity contribution in [2.45, 2.75) is 18.0 Å². The molecule has 0 aromatic rings. The number of carbonyl (C=O) groups is 2. The van der Waals surface area contributed by atoms with Gasteiger partial charge in [0.25, 0.3) is 0 Å². The molecule has 0 amide bonds. The molecule has 7 heteroatoms. The summed E-state index contributed by atoms with van der Waals surface area (Å²) < 4.78 is 21.5. The van der Waals surface area contributed by atoms with Gasteiger partial charge in [0.15, 0.2) is 5.60 Å². The third kappa shape index (κ3) is 1.35. The smallest absolute Gasteiger partial charge is 0.367 e. The SMILES string of the molecule is CSC(=O)OCC1=C[C@@H]2O[C@@]34CO[C@@H](OC3=O)[C@H]1[C@@H]24. The van der Waals surface area contributed by atoms with Crippen LogP contribution in [0.4, 0.5) is 4.79 Å². The maximum Gasteiger partial charge on any atom is 0.367 e. The topological polar surface area (TPSA) is 71.1 Å². The highest BCUT2D eigenvalue weighted by molar-refractivity contribution is 8.12. The first-order valence-electron chi connectivity index (χ1n) is 6.07. The van der Waals surface area contributed by atoms with Crippen LogP contribution in [-0.4, -0.2) is 48.7 Å². The molecule has 1 aliphatic carbocycles. The molecule has 4 heterocycles. The molecule has 5 aliphatic rings. The fraction of sp³-hybridized carbons (Fsp3) is 0.667. The number of esters is 1. The molecule has 5 rings (SSSR count). The Morgan fingerprint density at radius 1 is 1.63 bits per heavy atom. The molecule has 19 heavy (non-hydrogen) atoms. The van der Waals surface area contributed by atoms with Crippen LogP contribution in [0, 0.1) is 11.8 Å². The van der Waals surface area contributed by atoms with E-state index < -0.39 is 11.9 Å². The van der Waals surface area contributed by atoms with Crippen LogP contribution in [0.5, 0.6) is 0 Å². The highest BCUT2D eigenvalue weighted by atomic mass is 32.2. The molecule has 1 spiro atoms. The van der Waals surface area contributed by atoms with Crippen LogP contribution in [-0.2, 0) is 23.7 Å². The van der Waals surface area contributed by atoms with Crippen molar-refractivity contribution >= 4 is 23.0 Å². The van der Waals surface area contributed by atoms with Crippen molar-refractivity contribution < 1.29 is 28.5 Å². The summed E-state index contributed by atoms with van der Waals surface area (Å²) in [5.41, 5.74) is 0.00254. The summed E-state index contributed by atoms with van der Waals surface area (Å²) in [4.78, 5) is 23.0. The zero-order chi connectivity index (χ0) is 13.2. The van der Waals surface area contributed by atoms with E-state index in [-0.39, 0.29) is 42.4 Å². The molecule has 4 saturated heterocycles. The Labute approximate surface area is 113 Å². The zero-order valence-corrected chi connectivity index (χ0v) is 11.0. The van der Waals surface area contributed by atoms with Gasteiger partial charge in [0.1, 0.15) is 6.61 Å². The second-order valence-corrected chi connectivity index (χ2v) is 5.83. The zero-order valence-electron chi connectivity index (χ0n) is 10.2. The lowest BCUT2D eigenvalue weighted by molar-refractivity contribution is -0.369. The average Bonchev–Trinajstić information content (AvgIpc) is 2.74. The largest absolute Gasteiger partial charge is 0.453 e. The van der Waals surface area contributed by atoms with Crippen molar-refractivity contribution in [3.05, 3.63) is 11.6 Å². The Morgan fingerprint density at radius 2 is 2.47 bits per heavy atom. The van der Waals surface area contributed by atoms with Gasteiger partial charge in [-0.15, -0.1) is 0 Å². The molecule has 0 radical (unpaired) electrons. The van der Waals surface area contributed by atoms with Gasteiger partial charge in [0.05, 0.1) is 18.6 Å². The van der Waals surface area contributed by atoms with E-state index in [9.17, 15) is 9.59 Å². The van der Waals surface area contributed by atoms with E-state index in [1.54, 1.807) is 6.26 Å². The first-order valence-corrected chi connectivity index (χ1v) is 7.30. The molecular formula is C12H12O6S. The van der Waals surface area contributed by atoms with E-state index in [0.717, 1.165) is 17.3 Å². The second-order valence-electron chi connectivity index (χ2n) is 5.09. The van der Waals surface area contributed by atoms with Gasteiger partial charge >= 0.3 is 11.3 Å². The molecule has 4 fully saturated rings. The maximum atomic E-state index is 11.8. The first-order chi connectivity index (χ1) is 9.15. The predicted octanol–water partition coefficient (Wildman–Crippen LogP) is 0.709. The Bertz CT molecular complexity index is 502. The summed E-state index contributed by atoms with van der Waals surface area (Å²) >= 11 is 1.03. The number of carbonyl (C=O) groups excluding carboxylic acids is 2. The van der Waals surface area contributed by atoms with E-state index in [2.05, 4.69) is 0 Å². The molecule has 0 aromatic carbocycles. The van der Waals surface area contributed by atoms with Gasteiger partial charge in [0, 0.05) is 5.92 Å². The summed E-state index contributed by atoms with van der Waals surface area (Å²) in [6, 6.07) is 0. The maximum absolute atomic E-state index is 11.8. The van der Waals surface area contributed by atoms with Gasteiger partial charge in [-0.05, 0) is 23.6 Å². The van der Waals surface area contributed by atoms with Gasteiger partial charge < -0.3 is 18.9 Å². The van der Waals surface area contributed by atoms with Crippen LogP contribution in [0.1, 0.15) is 0 Å². The fourth-order valence-corrected chi connectivity index (χ4v) is 3.63. The van der Waals surface area contributed by atoms with E-state index in [4.69, 9.17) is 18.9 Å². The Hall–Kier alpha value is -1.05. The van der Waals surface area contributed by atoms with Gasteiger partial charge in [-0.25, -0.2) is 9.59 Å². The lowest BCUT2D eigenvalue weighted by Gasteiger charge is -2.59. The monoisotopic (exact) mass is 284 g/mol. The Balaban J connectivity index is 1.56. The van der Waals surface area contributed by atoms with E-state index in [1.807, 2.05) is 6.08 Å². The molecule has 0 aromatic heterocycles. The molecule has 102 valence electrons. The van der Waals surface area contributed by atoms with Crippen LogP contribution in [0.2, 0.25) is 0 Å². The van der Waals surface area contributed by atoms with Crippen LogP contribution in [0.15, 0.2) is 11.6 Å². The van der Waals surface area contributed by atoms with Gasteiger partial charge in [0.2, 0.25) is 6.29 Å². The van der Waals surface area contributed by atoms with Crippen molar-refractivity contribution in [3.8, 4) is 0 Å². The van der Waals surface area contributed by atoms with Gasteiger partial charge in [-0.1, -0.05) is 6.08 Å². The van der Waals surface area contributed by atoms with E-state index in [0.29, 0.717) is 0 Å². The third-order valence-electron chi connectivity index (χ3n) is 4.28. The number of fused-ring (bicyclic) bond motifs is 2. The normalized spacial score (nSPS) is 45.1. The van der Waals surface area contributed by atoms with Crippen LogP contribution in [0.3, 0.4) is 0 Å². The minimum absolute atomic E-state index is 0.0418. The summed E-state index contributed by atoms with van der Waals surface area (Å²) in [7, 11) is 0. The van der Waals surface area contributed by atoms with Crippen molar-refractivity contribution in [2.24, 2.45) is 11.8 Å². The number of hydrogen-bond donors (Lipinski definition) is 0. The number of ether oxygens (including phenoxy) is 4. The van der Waals surface area contributed by atoms with Crippen LogP contribution < -0.4 is 0 Å². The molecule has 0 saturated carbocycles. The second kappa shape index (κ2) is 3.74. The molecule has 6 nitrogen and oxygen atoms in total. The summed E-state index contributed by atoms with van der Waals surface area (Å²) in [5.74, 6) is -0.285. The molecule has 5 atom stereocenters. The van der Waals surface area contributed by atoms with Gasteiger partial charge in [-0.3, -0.25) is 0 Å². The molecule has 0 unspecified atom stereocenters. The Morgan fingerprint density at radius 3 is 3.21 bits per heavy atom. The van der Waals surface area contributed by atoms with Crippen molar-refractivity contribution in [1.82, 2.24) is 0 Å². The van der Waals surface area contributed by atoms with Crippen LogP contribution in [0.25, 0.3) is 0 Å². The van der Waals surface area contributed by atoms with Crippen molar-refractivity contribution in [1.29, 1.82) is 0 Å². The molecular weight excluding hydrogens is 272 g/mol. The Kier molecular flexibility index (Phi) is 2.31. The number of thioether (sulfide) groups is 1. The first kappa shape index (κ1) is 11.7. The highest BCUT2D eigenvalue weighted by Crippen LogP contribution is 2.59. The van der Waals surface area contributed by atoms with E-state index >= 15 is 0 Å². The highest BCUT2D eigenvalue weighted by Gasteiger charge is 2.74. The van der Waals surface area contributed by atoms with E-state index in [1.165, 1.54) is 0 Å². The standard InChI is InChI=1S/C12H12O6S/c1-19-11(14)15-3-5-2-6-8-7(5)9-16-4-12(8,18-6)10(13)17-9/h2,6-9H,3-4H2,1H3/t6-,7+,8+,9-,12+/m0/s1. The fourth-order valence-electron chi connectivity index (χ4n) is 3.46. The lowest BCUT2D eigenvalue weighted by Crippen LogP contribution is -2.76. The van der Waals surface area contributed by atoms with Crippen molar-refractivity contribution in [2.75, 3.05) is 19.5 Å². The molecule has 0 N–H and O–H groups in total. The predicted molar refractivity (Wildman–Crippen MR) is 63.4 cm³/mol.